The summed E-state index contributed by atoms with van der Waals surface area (Å²) in [5.74, 6) is 1.00. The van der Waals surface area contributed by atoms with E-state index in [1.165, 1.54) is 16.3 Å². The van der Waals surface area contributed by atoms with E-state index in [4.69, 9.17) is 10.5 Å². The van der Waals surface area contributed by atoms with E-state index in [1.807, 2.05) is 6.92 Å². The van der Waals surface area contributed by atoms with Gasteiger partial charge in [0.25, 0.3) is 0 Å². The number of hydrogen-bond acceptors (Lipinski definition) is 2. The van der Waals surface area contributed by atoms with Crippen LogP contribution in [-0.2, 0) is 4.74 Å². The van der Waals surface area contributed by atoms with Crippen LogP contribution in [0.3, 0.4) is 0 Å². The van der Waals surface area contributed by atoms with Gasteiger partial charge in [-0.25, -0.2) is 4.99 Å². The van der Waals surface area contributed by atoms with Crippen molar-refractivity contribution in [3.63, 3.8) is 0 Å². The van der Waals surface area contributed by atoms with Crippen molar-refractivity contribution in [2.75, 3.05) is 13.7 Å². The second-order valence-corrected chi connectivity index (χ2v) is 6.03. The Kier molecular flexibility index (Phi) is 4.29. The molecule has 1 aliphatic rings. The Bertz CT molecular complexity index is 683. The second kappa shape index (κ2) is 6.36. The summed E-state index contributed by atoms with van der Waals surface area (Å²) in [5, 5.41) is 5.72. The van der Waals surface area contributed by atoms with Crippen molar-refractivity contribution in [2.45, 2.75) is 31.3 Å². The van der Waals surface area contributed by atoms with E-state index in [-0.39, 0.29) is 6.04 Å². The number of guanidine groups is 1. The molecule has 0 heterocycles. The molecule has 0 spiro atoms. The highest BCUT2D eigenvalue weighted by Gasteiger charge is 2.38. The van der Waals surface area contributed by atoms with Crippen molar-refractivity contribution in [3.8, 4) is 0 Å². The molecule has 22 heavy (non-hydrogen) atoms. The molecule has 1 fully saturated rings. The van der Waals surface area contributed by atoms with Crippen LogP contribution in [0.2, 0.25) is 0 Å². The lowest BCUT2D eigenvalue weighted by molar-refractivity contribution is 0.179. The van der Waals surface area contributed by atoms with Gasteiger partial charge in [0.05, 0.1) is 12.6 Å². The lowest BCUT2D eigenvalue weighted by Gasteiger charge is -2.13. The average Bonchev–Trinajstić information content (AvgIpc) is 3.25. The third-order valence-corrected chi connectivity index (χ3v) is 4.07. The minimum Gasteiger partial charge on any atom is -0.383 e. The molecule has 4 heteroatoms. The number of fused-ring (bicyclic) bond motifs is 1. The zero-order valence-corrected chi connectivity index (χ0v) is 13.1. The molecule has 2 aromatic carbocycles. The van der Waals surface area contributed by atoms with Gasteiger partial charge in [-0.15, -0.1) is 0 Å². The molecule has 1 aliphatic carbocycles. The first kappa shape index (κ1) is 14.9. The van der Waals surface area contributed by atoms with Crippen LogP contribution in [0.4, 0.5) is 0 Å². The number of aliphatic imine (C=N–C) groups is 1. The minimum atomic E-state index is 0.173. The van der Waals surface area contributed by atoms with Crippen LogP contribution in [0.5, 0.6) is 0 Å². The first-order valence-electron chi connectivity index (χ1n) is 7.75. The SMILES string of the molecule is COCC(C)NC(N)=N[C@@H]1C[C@H]1c1ccc2ccccc2c1. The summed E-state index contributed by atoms with van der Waals surface area (Å²) in [6.45, 7) is 2.65. The summed E-state index contributed by atoms with van der Waals surface area (Å²) in [7, 11) is 1.68. The van der Waals surface area contributed by atoms with Crippen LogP contribution >= 0.6 is 0 Å². The molecule has 0 aliphatic heterocycles. The fourth-order valence-corrected chi connectivity index (χ4v) is 2.88. The smallest absolute Gasteiger partial charge is 0.189 e. The molecule has 3 N–H and O–H groups in total. The molecule has 3 atom stereocenters. The number of nitrogens with two attached hydrogens (primary N) is 1. The van der Waals surface area contributed by atoms with Crippen molar-refractivity contribution in [1.29, 1.82) is 0 Å². The summed E-state index contributed by atoms with van der Waals surface area (Å²) in [6, 6.07) is 15.6. The lowest BCUT2D eigenvalue weighted by Crippen LogP contribution is -2.40. The molecule has 3 rings (SSSR count). The molecule has 0 saturated heterocycles. The van der Waals surface area contributed by atoms with Crippen LogP contribution in [-0.4, -0.2) is 31.8 Å². The van der Waals surface area contributed by atoms with Crippen molar-refractivity contribution >= 4 is 16.7 Å². The van der Waals surface area contributed by atoms with Gasteiger partial charge in [0.2, 0.25) is 0 Å². The van der Waals surface area contributed by atoms with Gasteiger partial charge in [-0.05, 0) is 29.7 Å². The summed E-state index contributed by atoms with van der Waals surface area (Å²) >= 11 is 0. The fraction of sp³-hybridized carbons (Fsp3) is 0.389. The quantitative estimate of drug-likeness (QED) is 0.659. The van der Waals surface area contributed by atoms with Crippen molar-refractivity contribution in [3.05, 3.63) is 48.0 Å². The maximum Gasteiger partial charge on any atom is 0.189 e. The molecule has 4 nitrogen and oxygen atoms in total. The Balaban J connectivity index is 1.65. The van der Waals surface area contributed by atoms with E-state index in [9.17, 15) is 0 Å². The fourth-order valence-electron chi connectivity index (χ4n) is 2.88. The number of ether oxygens (including phenoxy) is 1. The highest BCUT2D eigenvalue weighted by molar-refractivity contribution is 5.83. The highest BCUT2D eigenvalue weighted by atomic mass is 16.5. The molecular formula is C18H23N3O. The molecule has 0 radical (unpaired) electrons. The van der Waals surface area contributed by atoms with Gasteiger partial charge >= 0.3 is 0 Å². The normalized spacial score (nSPS) is 22.5. The number of methoxy groups -OCH3 is 1. The van der Waals surface area contributed by atoms with Crippen molar-refractivity contribution in [2.24, 2.45) is 10.7 Å². The Morgan fingerprint density at radius 2 is 2.09 bits per heavy atom. The van der Waals surface area contributed by atoms with E-state index in [0.717, 1.165) is 6.42 Å². The average molecular weight is 297 g/mol. The maximum absolute atomic E-state index is 5.96. The number of hydrogen-bond donors (Lipinski definition) is 2. The molecule has 0 bridgehead atoms. The third-order valence-electron chi connectivity index (χ3n) is 4.07. The number of nitrogens with zero attached hydrogens (tertiary/aromatic N) is 1. The molecule has 1 saturated carbocycles. The maximum atomic E-state index is 5.96. The number of benzene rings is 2. The van der Waals surface area contributed by atoms with Crippen molar-refractivity contribution < 1.29 is 4.74 Å². The molecule has 2 aromatic rings. The third kappa shape index (κ3) is 3.39. The summed E-state index contributed by atoms with van der Waals surface area (Å²) in [4.78, 5) is 4.58. The zero-order valence-electron chi connectivity index (χ0n) is 13.1. The van der Waals surface area contributed by atoms with Gasteiger partial charge in [-0.3, -0.25) is 0 Å². The topological polar surface area (TPSA) is 59.6 Å². The molecular weight excluding hydrogens is 274 g/mol. The van der Waals surface area contributed by atoms with Gasteiger partial charge in [-0.2, -0.15) is 0 Å². The second-order valence-electron chi connectivity index (χ2n) is 6.03. The summed E-state index contributed by atoms with van der Waals surface area (Å²) < 4.78 is 5.08. The van der Waals surface area contributed by atoms with Crippen LogP contribution in [0, 0.1) is 0 Å². The molecule has 0 amide bonds. The Hall–Kier alpha value is -2.07. The predicted octanol–water partition coefficient (Wildman–Crippen LogP) is 2.63. The summed E-state index contributed by atoms with van der Waals surface area (Å²) in [5.41, 5.74) is 7.31. The monoisotopic (exact) mass is 297 g/mol. The minimum absolute atomic E-state index is 0.173. The van der Waals surface area contributed by atoms with E-state index >= 15 is 0 Å². The number of rotatable bonds is 5. The van der Waals surface area contributed by atoms with Crippen LogP contribution < -0.4 is 11.1 Å². The molecule has 116 valence electrons. The van der Waals surface area contributed by atoms with Crippen LogP contribution in [0.25, 0.3) is 10.8 Å². The van der Waals surface area contributed by atoms with E-state index < -0.39 is 0 Å². The van der Waals surface area contributed by atoms with Gasteiger partial charge in [0.15, 0.2) is 5.96 Å². The van der Waals surface area contributed by atoms with Crippen LogP contribution in [0.1, 0.15) is 24.8 Å². The largest absolute Gasteiger partial charge is 0.383 e. The van der Waals surface area contributed by atoms with Crippen molar-refractivity contribution in [1.82, 2.24) is 5.32 Å². The van der Waals surface area contributed by atoms with Gasteiger partial charge < -0.3 is 15.8 Å². The first-order chi connectivity index (χ1) is 10.7. The van der Waals surface area contributed by atoms with E-state index in [2.05, 4.69) is 52.8 Å². The Labute approximate surface area is 131 Å². The Morgan fingerprint density at radius 1 is 1.32 bits per heavy atom. The van der Waals surface area contributed by atoms with E-state index in [0.29, 0.717) is 24.5 Å². The lowest BCUT2D eigenvalue weighted by atomic mass is 10.0. The molecule has 0 aromatic heterocycles. The van der Waals surface area contributed by atoms with Gasteiger partial charge in [0.1, 0.15) is 0 Å². The highest BCUT2D eigenvalue weighted by Crippen LogP contribution is 2.44. The first-order valence-corrected chi connectivity index (χ1v) is 7.75. The molecule has 1 unspecified atom stereocenters. The predicted molar refractivity (Wildman–Crippen MR) is 91.2 cm³/mol. The van der Waals surface area contributed by atoms with E-state index in [1.54, 1.807) is 7.11 Å². The summed E-state index contributed by atoms with van der Waals surface area (Å²) in [6.07, 6.45) is 1.07. The zero-order chi connectivity index (χ0) is 15.5. The van der Waals surface area contributed by atoms with Crippen LogP contribution in [0.15, 0.2) is 47.5 Å². The standard InChI is InChI=1S/C18H23N3O/c1-12(11-22-2)20-18(19)21-17-10-16(17)15-8-7-13-5-3-4-6-14(13)9-15/h3-9,12,16-17H,10-11H2,1-2H3,(H3,19,20,21)/t12?,16-,17+/m0/s1. The van der Waals surface area contributed by atoms with Gasteiger partial charge in [0, 0.05) is 19.1 Å². The van der Waals surface area contributed by atoms with Gasteiger partial charge in [-0.1, -0.05) is 42.5 Å². The number of nitrogens with one attached hydrogen (secondary N) is 1. The Morgan fingerprint density at radius 3 is 2.86 bits per heavy atom.